The second-order valence-electron chi connectivity index (χ2n) is 9.53. The molecular formula is C36H30N2. The Kier molecular flexibility index (Phi) is 6.86. The van der Waals surface area contributed by atoms with E-state index < -0.39 is 0 Å². The summed E-state index contributed by atoms with van der Waals surface area (Å²) in [6.45, 7) is 0. The standard InChI is InChI=1S/C36H30N2/c1-4-12-28(13-5-1)30-16-10-18-33(26-30)37-32-22-24-35(25-23-32)38(34-19-8-3-9-20-34)36-21-11-17-31(27-36)29-14-6-2-7-15-29/h1-25,27,33,37H,26H2. The largest absolute Gasteiger partial charge is 0.378 e. The quantitative estimate of drug-likeness (QED) is 0.244. The van der Waals surface area contributed by atoms with Gasteiger partial charge in [0.2, 0.25) is 0 Å². The molecule has 184 valence electrons. The lowest BCUT2D eigenvalue weighted by Gasteiger charge is -2.27. The number of hydrogen-bond acceptors (Lipinski definition) is 2. The van der Waals surface area contributed by atoms with Crippen molar-refractivity contribution in [3.8, 4) is 11.1 Å². The third kappa shape index (κ3) is 5.30. The third-order valence-electron chi connectivity index (χ3n) is 6.93. The highest BCUT2D eigenvalue weighted by Gasteiger charge is 2.15. The Labute approximate surface area is 225 Å². The lowest BCUT2D eigenvalue weighted by atomic mass is 9.94. The molecule has 0 heterocycles. The van der Waals surface area contributed by atoms with Crippen molar-refractivity contribution in [2.24, 2.45) is 0 Å². The van der Waals surface area contributed by atoms with Crippen LogP contribution < -0.4 is 10.2 Å². The van der Waals surface area contributed by atoms with Crippen molar-refractivity contribution in [3.05, 3.63) is 163 Å². The smallest absolute Gasteiger partial charge is 0.0488 e. The Morgan fingerprint density at radius 3 is 1.82 bits per heavy atom. The molecular weight excluding hydrogens is 460 g/mol. The van der Waals surface area contributed by atoms with Crippen LogP contribution in [0.2, 0.25) is 0 Å². The Bertz CT molecular complexity index is 1540. The Hall–Kier alpha value is -4.82. The molecule has 0 saturated heterocycles. The van der Waals surface area contributed by atoms with E-state index in [4.69, 9.17) is 0 Å². The first-order valence-corrected chi connectivity index (χ1v) is 13.1. The molecule has 0 amide bonds. The van der Waals surface area contributed by atoms with E-state index in [9.17, 15) is 0 Å². The van der Waals surface area contributed by atoms with Gasteiger partial charge in [-0.2, -0.15) is 0 Å². The lowest BCUT2D eigenvalue weighted by molar-refractivity contribution is 0.897. The first kappa shape index (κ1) is 23.6. The molecule has 6 rings (SSSR count). The molecule has 5 aromatic rings. The molecule has 0 saturated carbocycles. The van der Waals surface area contributed by atoms with Crippen molar-refractivity contribution in [2.75, 3.05) is 10.2 Å². The Morgan fingerprint density at radius 2 is 1.11 bits per heavy atom. The molecule has 0 spiro atoms. The van der Waals surface area contributed by atoms with Gasteiger partial charge in [-0.25, -0.2) is 0 Å². The van der Waals surface area contributed by atoms with E-state index in [1.165, 1.54) is 22.3 Å². The molecule has 1 N–H and O–H groups in total. The Morgan fingerprint density at radius 1 is 0.526 bits per heavy atom. The van der Waals surface area contributed by atoms with Crippen LogP contribution in [0.5, 0.6) is 0 Å². The van der Waals surface area contributed by atoms with E-state index in [2.05, 4.69) is 168 Å². The van der Waals surface area contributed by atoms with Gasteiger partial charge in [0.15, 0.2) is 0 Å². The van der Waals surface area contributed by atoms with Gasteiger partial charge in [0.1, 0.15) is 0 Å². The molecule has 1 unspecified atom stereocenters. The summed E-state index contributed by atoms with van der Waals surface area (Å²) in [4.78, 5) is 2.31. The summed E-state index contributed by atoms with van der Waals surface area (Å²) < 4.78 is 0. The summed E-state index contributed by atoms with van der Waals surface area (Å²) in [6, 6.07) is 49.5. The van der Waals surface area contributed by atoms with Crippen molar-refractivity contribution >= 4 is 28.3 Å². The van der Waals surface area contributed by atoms with Crippen LogP contribution >= 0.6 is 0 Å². The minimum atomic E-state index is 0.258. The summed E-state index contributed by atoms with van der Waals surface area (Å²) in [6.07, 6.45) is 7.59. The highest BCUT2D eigenvalue weighted by molar-refractivity contribution is 5.80. The van der Waals surface area contributed by atoms with Crippen LogP contribution in [-0.4, -0.2) is 6.04 Å². The monoisotopic (exact) mass is 490 g/mol. The molecule has 2 nitrogen and oxygen atoms in total. The molecule has 2 heteroatoms. The van der Waals surface area contributed by atoms with E-state index in [0.29, 0.717) is 0 Å². The van der Waals surface area contributed by atoms with Gasteiger partial charge in [0.25, 0.3) is 0 Å². The molecule has 1 atom stereocenters. The van der Waals surface area contributed by atoms with Gasteiger partial charge >= 0.3 is 0 Å². The number of nitrogens with zero attached hydrogens (tertiary/aromatic N) is 1. The fourth-order valence-corrected chi connectivity index (χ4v) is 5.04. The molecule has 0 bridgehead atoms. The number of hydrogen-bond donors (Lipinski definition) is 1. The van der Waals surface area contributed by atoms with Crippen molar-refractivity contribution < 1.29 is 0 Å². The van der Waals surface area contributed by atoms with E-state index >= 15 is 0 Å². The van der Waals surface area contributed by atoms with Crippen molar-refractivity contribution in [1.82, 2.24) is 0 Å². The topological polar surface area (TPSA) is 15.3 Å². The fourth-order valence-electron chi connectivity index (χ4n) is 5.04. The van der Waals surface area contributed by atoms with Gasteiger partial charge in [-0.1, -0.05) is 109 Å². The van der Waals surface area contributed by atoms with Gasteiger partial charge in [-0.15, -0.1) is 0 Å². The van der Waals surface area contributed by atoms with E-state index in [0.717, 1.165) is 29.2 Å². The predicted molar refractivity (Wildman–Crippen MR) is 162 cm³/mol. The van der Waals surface area contributed by atoms with Gasteiger partial charge in [0, 0.05) is 28.8 Å². The number of para-hydroxylation sites is 1. The molecule has 5 aromatic carbocycles. The van der Waals surface area contributed by atoms with Crippen LogP contribution in [0.1, 0.15) is 12.0 Å². The zero-order valence-electron chi connectivity index (χ0n) is 21.2. The molecule has 0 fully saturated rings. The average Bonchev–Trinajstić information content (AvgIpc) is 3.00. The maximum absolute atomic E-state index is 3.71. The minimum Gasteiger partial charge on any atom is -0.378 e. The molecule has 0 aromatic heterocycles. The van der Waals surface area contributed by atoms with E-state index in [1.807, 2.05) is 0 Å². The van der Waals surface area contributed by atoms with Gasteiger partial charge < -0.3 is 10.2 Å². The minimum absolute atomic E-state index is 0.258. The normalized spacial score (nSPS) is 14.5. The van der Waals surface area contributed by atoms with Crippen molar-refractivity contribution in [3.63, 3.8) is 0 Å². The zero-order chi connectivity index (χ0) is 25.6. The van der Waals surface area contributed by atoms with Crippen LogP contribution in [0.4, 0.5) is 22.7 Å². The number of rotatable bonds is 7. The van der Waals surface area contributed by atoms with Gasteiger partial charge in [0.05, 0.1) is 0 Å². The summed E-state index contributed by atoms with van der Waals surface area (Å²) in [5.74, 6) is 0. The van der Waals surface area contributed by atoms with Crippen molar-refractivity contribution in [1.29, 1.82) is 0 Å². The first-order valence-electron chi connectivity index (χ1n) is 13.1. The number of allylic oxidation sites excluding steroid dienone is 2. The molecule has 38 heavy (non-hydrogen) atoms. The summed E-state index contributed by atoms with van der Waals surface area (Å²) in [7, 11) is 0. The molecule has 0 radical (unpaired) electrons. The average molecular weight is 491 g/mol. The fraction of sp³-hybridized carbons (Fsp3) is 0.0556. The first-order chi connectivity index (χ1) is 18.8. The Balaban J connectivity index is 1.25. The summed E-state index contributed by atoms with van der Waals surface area (Å²) in [5.41, 5.74) is 9.56. The number of benzene rings is 5. The predicted octanol–water partition coefficient (Wildman–Crippen LogP) is 9.65. The number of nitrogens with one attached hydrogen (secondary N) is 1. The van der Waals surface area contributed by atoms with Crippen LogP contribution in [0.25, 0.3) is 16.7 Å². The van der Waals surface area contributed by atoms with Crippen LogP contribution in [0.3, 0.4) is 0 Å². The third-order valence-corrected chi connectivity index (χ3v) is 6.93. The second-order valence-corrected chi connectivity index (χ2v) is 9.53. The zero-order valence-corrected chi connectivity index (χ0v) is 21.2. The second kappa shape index (κ2) is 11.1. The van der Waals surface area contributed by atoms with E-state index in [-0.39, 0.29) is 6.04 Å². The maximum Gasteiger partial charge on any atom is 0.0488 e. The van der Waals surface area contributed by atoms with Crippen molar-refractivity contribution in [2.45, 2.75) is 12.5 Å². The summed E-state index contributed by atoms with van der Waals surface area (Å²) >= 11 is 0. The highest BCUT2D eigenvalue weighted by Crippen LogP contribution is 2.37. The van der Waals surface area contributed by atoms with Gasteiger partial charge in [-0.3, -0.25) is 0 Å². The SMILES string of the molecule is C1=CC(Nc2ccc(N(c3ccccc3)c3cccc(-c4ccccc4)c3)cc2)CC(c2ccccc2)=C1. The highest BCUT2D eigenvalue weighted by atomic mass is 15.1. The van der Waals surface area contributed by atoms with E-state index in [1.54, 1.807) is 0 Å². The van der Waals surface area contributed by atoms with Gasteiger partial charge in [-0.05, 0) is 77.2 Å². The van der Waals surface area contributed by atoms with Crippen LogP contribution in [-0.2, 0) is 0 Å². The molecule has 0 aliphatic heterocycles. The van der Waals surface area contributed by atoms with Crippen LogP contribution in [0, 0.1) is 0 Å². The number of anilines is 4. The lowest BCUT2D eigenvalue weighted by Crippen LogP contribution is -2.19. The van der Waals surface area contributed by atoms with Crippen LogP contribution in [0.15, 0.2) is 158 Å². The molecule has 1 aliphatic carbocycles. The maximum atomic E-state index is 3.71. The summed E-state index contributed by atoms with van der Waals surface area (Å²) in [5, 5.41) is 3.71. The molecule has 1 aliphatic rings.